The second kappa shape index (κ2) is 10.9. The Morgan fingerprint density at radius 2 is 1.97 bits per heavy atom. The van der Waals surface area contributed by atoms with Crippen LogP contribution in [0.3, 0.4) is 0 Å². The standard InChI is InChI=1S/C28H36FN3O3/c1-34-19-20-3-6-27(30-18-20)31-12-7-21(8-13-31)25-15-22(25)9-14-35-24-5-4-23(26(29)17-24)16-28(33)32-10-2-11-32/h3-6,17-18,21-22,25H,2,7-16,19H2,1H3. The van der Waals surface area contributed by atoms with Gasteiger partial charge in [0.1, 0.15) is 17.4 Å². The molecule has 1 aliphatic carbocycles. The van der Waals surface area contributed by atoms with Crippen LogP contribution in [0, 0.1) is 23.6 Å². The molecule has 0 bridgehead atoms. The van der Waals surface area contributed by atoms with E-state index in [-0.39, 0.29) is 18.1 Å². The number of ether oxygens (including phenoxy) is 2. The molecular weight excluding hydrogens is 445 g/mol. The molecule has 0 spiro atoms. The minimum Gasteiger partial charge on any atom is -0.493 e. The molecule has 6 nitrogen and oxygen atoms in total. The van der Waals surface area contributed by atoms with Crippen LogP contribution in [0.4, 0.5) is 10.2 Å². The summed E-state index contributed by atoms with van der Waals surface area (Å²) in [5.41, 5.74) is 1.55. The maximum absolute atomic E-state index is 14.4. The van der Waals surface area contributed by atoms with E-state index in [1.54, 1.807) is 24.1 Å². The minimum atomic E-state index is -0.352. The summed E-state index contributed by atoms with van der Waals surface area (Å²) in [6, 6.07) is 9.11. The van der Waals surface area contributed by atoms with Gasteiger partial charge < -0.3 is 19.3 Å². The summed E-state index contributed by atoms with van der Waals surface area (Å²) in [7, 11) is 1.70. The van der Waals surface area contributed by atoms with Crippen LogP contribution in [0.25, 0.3) is 0 Å². The average Bonchev–Trinajstić information content (AvgIpc) is 3.60. The summed E-state index contributed by atoms with van der Waals surface area (Å²) in [4.78, 5) is 20.9. The van der Waals surface area contributed by atoms with Crippen LogP contribution in [-0.4, -0.2) is 55.7 Å². The van der Waals surface area contributed by atoms with E-state index < -0.39 is 0 Å². The first kappa shape index (κ1) is 24.0. The number of piperidine rings is 1. The molecule has 1 amide bonds. The molecule has 5 rings (SSSR count). The maximum Gasteiger partial charge on any atom is 0.227 e. The normalized spacial score (nSPS) is 22.1. The Bertz CT molecular complexity index is 1000. The zero-order chi connectivity index (χ0) is 24.2. The van der Waals surface area contributed by atoms with E-state index in [1.807, 2.05) is 6.20 Å². The lowest BCUT2D eigenvalue weighted by molar-refractivity contribution is -0.133. The first-order chi connectivity index (χ1) is 17.1. The third-order valence-electron chi connectivity index (χ3n) is 7.90. The Hall–Kier alpha value is -2.67. The molecule has 3 aliphatic rings. The van der Waals surface area contributed by atoms with Gasteiger partial charge in [0.2, 0.25) is 5.91 Å². The van der Waals surface area contributed by atoms with Crippen molar-refractivity contribution >= 4 is 11.7 Å². The van der Waals surface area contributed by atoms with E-state index in [0.29, 0.717) is 24.5 Å². The molecule has 0 radical (unpaired) electrons. The molecule has 188 valence electrons. The fraction of sp³-hybridized carbons (Fsp3) is 0.571. The number of aromatic nitrogens is 1. The van der Waals surface area contributed by atoms with Crippen LogP contribution in [0.2, 0.25) is 0 Å². The number of amides is 1. The van der Waals surface area contributed by atoms with Gasteiger partial charge in [-0.2, -0.15) is 0 Å². The second-order valence-corrected chi connectivity index (χ2v) is 10.2. The quantitative estimate of drug-likeness (QED) is 0.501. The first-order valence-electron chi connectivity index (χ1n) is 13.0. The number of hydrogen-bond donors (Lipinski definition) is 0. The van der Waals surface area contributed by atoms with Gasteiger partial charge in [0, 0.05) is 45.6 Å². The van der Waals surface area contributed by atoms with Crippen molar-refractivity contribution in [2.24, 2.45) is 17.8 Å². The SMILES string of the molecule is COCc1ccc(N2CCC(C3CC3CCOc3ccc(CC(=O)N4CCC4)c(F)c3)CC2)nc1. The van der Waals surface area contributed by atoms with Gasteiger partial charge >= 0.3 is 0 Å². The van der Waals surface area contributed by atoms with Gasteiger partial charge in [-0.25, -0.2) is 9.37 Å². The van der Waals surface area contributed by atoms with E-state index in [0.717, 1.165) is 68.2 Å². The number of pyridine rings is 1. The summed E-state index contributed by atoms with van der Waals surface area (Å²) in [6.45, 7) is 4.93. The highest BCUT2D eigenvalue weighted by Crippen LogP contribution is 2.50. The fourth-order valence-corrected chi connectivity index (χ4v) is 5.52. The smallest absolute Gasteiger partial charge is 0.227 e. The molecule has 3 heterocycles. The van der Waals surface area contributed by atoms with Crippen molar-refractivity contribution in [2.45, 2.75) is 45.1 Å². The molecule has 1 aromatic heterocycles. The summed E-state index contributed by atoms with van der Waals surface area (Å²) in [5.74, 6) is 3.57. The van der Waals surface area contributed by atoms with Crippen LogP contribution in [-0.2, 0) is 22.6 Å². The van der Waals surface area contributed by atoms with Crippen LogP contribution in [0.5, 0.6) is 5.75 Å². The van der Waals surface area contributed by atoms with Crippen molar-refractivity contribution in [3.63, 3.8) is 0 Å². The number of halogens is 1. The molecule has 1 aromatic carbocycles. The van der Waals surface area contributed by atoms with E-state index in [1.165, 1.54) is 25.3 Å². The van der Waals surface area contributed by atoms with Crippen LogP contribution < -0.4 is 9.64 Å². The van der Waals surface area contributed by atoms with E-state index in [9.17, 15) is 9.18 Å². The van der Waals surface area contributed by atoms with Crippen LogP contribution >= 0.6 is 0 Å². The molecule has 1 saturated carbocycles. The number of likely N-dealkylation sites (tertiary alicyclic amines) is 1. The minimum absolute atomic E-state index is 0.00525. The summed E-state index contributed by atoms with van der Waals surface area (Å²) >= 11 is 0. The van der Waals surface area contributed by atoms with Gasteiger partial charge in [-0.3, -0.25) is 4.79 Å². The summed E-state index contributed by atoms with van der Waals surface area (Å²) < 4.78 is 25.5. The van der Waals surface area contributed by atoms with Gasteiger partial charge in [0.25, 0.3) is 0 Å². The Morgan fingerprint density at radius 1 is 1.14 bits per heavy atom. The lowest BCUT2D eigenvalue weighted by atomic mass is 9.90. The van der Waals surface area contributed by atoms with Gasteiger partial charge in [0.05, 0.1) is 19.6 Å². The average molecular weight is 482 g/mol. The molecule has 2 atom stereocenters. The molecule has 2 aliphatic heterocycles. The third-order valence-corrected chi connectivity index (χ3v) is 7.90. The Kier molecular flexibility index (Phi) is 7.51. The highest BCUT2D eigenvalue weighted by Gasteiger charge is 2.43. The Morgan fingerprint density at radius 3 is 2.63 bits per heavy atom. The molecule has 2 aromatic rings. The predicted octanol–water partition coefficient (Wildman–Crippen LogP) is 4.46. The highest BCUT2D eigenvalue weighted by molar-refractivity contribution is 5.79. The van der Waals surface area contributed by atoms with Crippen molar-refractivity contribution in [2.75, 3.05) is 44.8 Å². The number of carbonyl (C=O) groups excluding carboxylic acids is 1. The van der Waals surface area contributed by atoms with Gasteiger partial charge in [-0.15, -0.1) is 0 Å². The van der Waals surface area contributed by atoms with Crippen molar-refractivity contribution in [3.8, 4) is 5.75 Å². The number of methoxy groups -OCH3 is 1. The third kappa shape index (κ3) is 5.95. The van der Waals surface area contributed by atoms with Gasteiger partial charge in [-0.1, -0.05) is 12.1 Å². The molecule has 2 saturated heterocycles. The van der Waals surface area contributed by atoms with E-state index in [2.05, 4.69) is 22.0 Å². The monoisotopic (exact) mass is 481 g/mol. The predicted molar refractivity (Wildman–Crippen MR) is 133 cm³/mol. The molecular formula is C28H36FN3O3. The number of anilines is 1. The summed E-state index contributed by atoms with van der Waals surface area (Å²) in [6.07, 6.45) is 7.81. The lowest BCUT2D eigenvalue weighted by Crippen LogP contribution is -2.42. The van der Waals surface area contributed by atoms with Crippen molar-refractivity contribution in [3.05, 3.63) is 53.5 Å². The Balaban J connectivity index is 1.01. The van der Waals surface area contributed by atoms with Crippen LogP contribution in [0.15, 0.2) is 36.5 Å². The molecule has 3 fully saturated rings. The lowest BCUT2D eigenvalue weighted by Gasteiger charge is -2.33. The first-order valence-corrected chi connectivity index (χ1v) is 13.0. The zero-order valence-corrected chi connectivity index (χ0v) is 20.6. The van der Waals surface area contributed by atoms with Crippen molar-refractivity contribution < 1.29 is 18.7 Å². The topological polar surface area (TPSA) is 54.9 Å². The largest absolute Gasteiger partial charge is 0.493 e. The number of carbonyl (C=O) groups is 1. The number of rotatable bonds is 10. The number of hydrogen-bond acceptors (Lipinski definition) is 5. The molecule has 0 N–H and O–H groups in total. The zero-order valence-electron chi connectivity index (χ0n) is 20.6. The van der Waals surface area contributed by atoms with Crippen molar-refractivity contribution in [1.29, 1.82) is 0 Å². The fourth-order valence-electron chi connectivity index (χ4n) is 5.52. The molecule has 2 unspecified atom stereocenters. The van der Waals surface area contributed by atoms with Gasteiger partial charge in [-0.05, 0) is 73.1 Å². The summed E-state index contributed by atoms with van der Waals surface area (Å²) in [5, 5.41) is 0. The second-order valence-electron chi connectivity index (χ2n) is 10.2. The Labute approximate surface area is 207 Å². The molecule has 7 heteroatoms. The van der Waals surface area contributed by atoms with Crippen molar-refractivity contribution in [1.82, 2.24) is 9.88 Å². The highest BCUT2D eigenvalue weighted by atomic mass is 19.1. The number of nitrogens with zero attached hydrogens (tertiary/aromatic N) is 3. The van der Waals surface area contributed by atoms with Gasteiger partial charge in [0.15, 0.2) is 0 Å². The maximum atomic E-state index is 14.4. The van der Waals surface area contributed by atoms with E-state index in [4.69, 9.17) is 9.47 Å². The molecule has 35 heavy (non-hydrogen) atoms. The number of benzene rings is 1. The van der Waals surface area contributed by atoms with E-state index >= 15 is 0 Å². The van der Waals surface area contributed by atoms with Crippen LogP contribution in [0.1, 0.15) is 43.2 Å².